The molecule has 1 aromatic heterocycles. The third kappa shape index (κ3) is 4.46. The number of rotatable bonds is 5. The van der Waals surface area contributed by atoms with Crippen LogP contribution in [0.2, 0.25) is 0 Å². The minimum Gasteiger partial charge on any atom is -0.309 e. The second-order valence-electron chi connectivity index (χ2n) is 11.7. The molecule has 0 saturated carbocycles. The molecule has 0 unspecified atom stereocenters. The number of thiophene rings is 1. The van der Waals surface area contributed by atoms with Crippen LogP contribution in [0.3, 0.4) is 0 Å². The highest BCUT2D eigenvalue weighted by Crippen LogP contribution is 2.48. The standard InChI is InChI=1S/C44H29NS/c1-3-12-30(13-4-1)32-22-25-35(26-23-32)45(40-20-11-19-37-36-17-8-7-16-33(36)24-27-38(37)40)41-28-34(31-14-5-2-6-15-31)29-43-44(41)39-18-9-10-21-42(39)46-43/h1-29H. The van der Waals surface area contributed by atoms with Crippen molar-refractivity contribution in [2.75, 3.05) is 4.90 Å². The molecule has 0 fully saturated rings. The third-order valence-corrected chi connectivity index (χ3v) is 10.2. The van der Waals surface area contributed by atoms with Crippen molar-refractivity contribution < 1.29 is 0 Å². The first-order valence-electron chi connectivity index (χ1n) is 15.7. The summed E-state index contributed by atoms with van der Waals surface area (Å²) in [6.45, 7) is 0. The molecule has 0 aliphatic carbocycles. The fourth-order valence-corrected chi connectivity index (χ4v) is 8.03. The van der Waals surface area contributed by atoms with Gasteiger partial charge in [-0.3, -0.25) is 0 Å². The average Bonchev–Trinajstić information content (AvgIpc) is 3.51. The van der Waals surface area contributed by atoms with Crippen LogP contribution < -0.4 is 4.90 Å². The highest BCUT2D eigenvalue weighted by atomic mass is 32.1. The van der Waals surface area contributed by atoms with Crippen LogP contribution in [-0.2, 0) is 0 Å². The summed E-state index contributed by atoms with van der Waals surface area (Å²) in [6, 6.07) is 64.0. The number of hydrogen-bond acceptors (Lipinski definition) is 2. The molecule has 0 radical (unpaired) electrons. The van der Waals surface area contributed by atoms with E-state index in [1.54, 1.807) is 0 Å². The van der Waals surface area contributed by atoms with E-state index in [2.05, 4.69) is 181 Å². The number of fused-ring (bicyclic) bond motifs is 6. The first kappa shape index (κ1) is 26.7. The van der Waals surface area contributed by atoms with Crippen molar-refractivity contribution in [1.29, 1.82) is 0 Å². The van der Waals surface area contributed by atoms with E-state index in [9.17, 15) is 0 Å². The van der Waals surface area contributed by atoms with E-state index in [0.29, 0.717) is 0 Å². The van der Waals surface area contributed by atoms with E-state index in [1.165, 1.54) is 69.7 Å². The van der Waals surface area contributed by atoms with Gasteiger partial charge in [-0.05, 0) is 74.8 Å². The van der Waals surface area contributed by atoms with E-state index < -0.39 is 0 Å². The Morgan fingerprint density at radius 3 is 1.76 bits per heavy atom. The smallest absolute Gasteiger partial charge is 0.0561 e. The lowest BCUT2D eigenvalue weighted by Gasteiger charge is -2.29. The third-order valence-electron chi connectivity index (χ3n) is 9.04. The Hall–Kier alpha value is -5.70. The molecule has 0 saturated heterocycles. The topological polar surface area (TPSA) is 3.24 Å². The van der Waals surface area contributed by atoms with Crippen LogP contribution >= 0.6 is 11.3 Å². The van der Waals surface area contributed by atoms with Crippen molar-refractivity contribution in [3.8, 4) is 22.3 Å². The summed E-state index contributed by atoms with van der Waals surface area (Å²) in [5.74, 6) is 0. The number of benzene rings is 8. The zero-order valence-electron chi connectivity index (χ0n) is 25.1. The quantitative estimate of drug-likeness (QED) is 0.177. The molecule has 0 amide bonds. The Balaban J connectivity index is 1.37. The van der Waals surface area contributed by atoms with Gasteiger partial charge in [-0.15, -0.1) is 11.3 Å². The van der Waals surface area contributed by atoms with Crippen LogP contribution in [0.15, 0.2) is 176 Å². The Bertz CT molecular complexity index is 2510. The monoisotopic (exact) mass is 603 g/mol. The molecule has 1 nitrogen and oxygen atoms in total. The molecule has 2 heteroatoms. The summed E-state index contributed by atoms with van der Waals surface area (Å²) in [4.78, 5) is 2.49. The summed E-state index contributed by atoms with van der Waals surface area (Å²) in [7, 11) is 0. The lowest BCUT2D eigenvalue weighted by atomic mass is 9.97. The zero-order chi connectivity index (χ0) is 30.5. The predicted molar refractivity (Wildman–Crippen MR) is 200 cm³/mol. The fourth-order valence-electron chi connectivity index (χ4n) is 6.87. The summed E-state index contributed by atoms with van der Waals surface area (Å²) >= 11 is 1.87. The van der Waals surface area contributed by atoms with Crippen LogP contribution in [-0.4, -0.2) is 0 Å². The zero-order valence-corrected chi connectivity index (χ0v) is 25.9. The van der Waals surface area contributed by atoms with Crippen molar-refractivity contribution in [2.45, 2.75) is 0 Å². The minimum atomic E-state index is 1.13. The van der Waals surface area contributed by atoms with E-state index in [4.69, 9.17) is 0 Å². The molecular weight excluding hydrogens is 575 g/mol. The Kier molecular flexibility index (Phi) is 6.40. The Morgan fingerprint density at radius 1 is 0.348 bits per heavy atom. The minimum absolute atomic E-state index is 1.13. The first-order valence-corrected chi connectivity index (χ1v) is 16.5. The number of nitrogens with zero attached hydrogens (tertiary/aromatic N) is 1. The van der Waals surface area contributed by atoms with Gasteiger partial charge in [-0.25, -0.2) is 0 Å². The molecule has 0 atom stereocenters. The normalized spacial score (nSPS) is 11.5. The molecule has 0 bridgehead atoms. The molecule has 0 aliphatic rings. The van der Waals surface area contributed by atoms with Crippen LogP contribution in [0.25, 0.3) is 64.0 Å². The van der Waals surface area contributed by atoms with Crippen LogP contribution in [0, 0.1) is 0 Å². The maximum atomic E-state index is 2.49. The van der Waals surface area contributed by atoms with Crippen molar-refractivity contribution in [1.82, 2.24) is 0 Å². The maximum Gasteiger partial charge on any atom is 0.0561 e. The van der Waals surface area contributed by atoms with Gasteiger partial charge in [0.1, 0.15) is 0 Å². The van der Waals surface area contributed by atoms with Crippen LogP contribution in [0.4, 0.5) is 17.1 Å². The molecule has 9 rings (SSSR count). The molecule has 8 aromatic carbocycles. The average molecular weight is 604 g/mol. The number of hydrogen-bond donors (Lipinski definition) is 0. The van der Waals surface area contributed by atoms with Gasteiger partial charge in [0.2, 0.25) is 0 Å². The van der Waals surface area contributed by atoms with Gasteiger partial charge in [0, 0.05) is 31.2 Å². The maximum absolute atomic E-state index is 2.49. The summed E-state index contributed by atoms with van der Waals surface area (Å²) in [5, 5.41) is 7.57. The van der Waals surface area contributed by atoms with Crippen LogP contribution in [0.5, 0.6) is 0 Å². The number of anilines is 3. The summed E-state index contributed by atoms with van der Waals surface area (Å²) in [5.41, 5.74) is 8.33. The molecule has 9 aromatic rings. The fraction of sp³-hybridized carbons (Fsp3) is 0. The molecule has 0 aliphatic heterocycles. The summed E-state index contributed by atoms with van der Waals surface area (Å²) < 4.78 is 2.58. The highest BCUT2D eigenvalue weighted by molar-refractivity contribution is 7.26. The van der Waals surface area contributed by atoms with Crippen molar-refractivity contribution in [2.24, 2.45) is 0 Å². The highest BCUT2D eigenvalue weighted by Gasteiger charge is 2.22. The van der Waals surface area contributed by atoms with Gasteiger partial charge < -0.3 is 4.90 Å². The van der Waals surface area contributed by atoms with Gasteiger partial charge >= 0.3 is 0 Å². The van der Waals surface area contributed by atoms with E-state index in [-0.39, 0.29) is 0 Å². The lowest BCUT2D eigenvalue weighted by Crippen LogP contribution is -2.11. The Labute approximate surface area is 272 Å². The van der Waals surface area contributed by atoms with Gasteiger partial charge in [0.25, 0.3) is 0 Å². The van der Waals surface area contributed by atoms with Gasteiger partial charge in [0.15, 0.2) is 0 Å². The Morgan fingerprint density at radius 2 is 0.978 bits per heavy atom. The predicted octanol–water partition coefficient (Wildman–Crippen LogP) is 13.2. The van der Waals surface area contributed by atoms with Crippen molar-refractivity contribution in [3.05, 3.63) is 176 Å². The first-order chi connectivity index (χ1) is 22.8. The molecular formula is C44H29NS. The molecule has 1 heterocycles. The molecule has 0 N–H and O–H groups in total. The van der Waals surface area contributed by atoms with E-state index in [0.717, 1.165) is 11.4 Å². The second-order valence-corrected chi connectivity index (χ2v) is 12.8. The van der Waals surface area contributed by atoms with E-state index >= 15 is 0 Å². The largest absolute Gasteiger partial charge is 0.309 e. The van der Waals surface area contributed by atoms with Gasteiger partial charge in [0.05, 0.1) is 11.4 Å². The van der Waals surface area contributed by atoms with E-state index in [1.807, 2.05) is 11.3 Å². The van der Waals surface area contributed by atoms with Gasteiger partial charge in [-0.2, -0.15) is 0 Å². The summed E-state index contributed by atoms with van der Waals surface area (Å²) in [6.07, 6.45) is 0. The van der Waals surface area contributed by atoms with Crippen molar-refractivity contribution in [3.63, 3.8) is 0 Å². The van der Waals surface area contributed by atoms with Gasteiger partial charge in [-0.1, -0.05) is 140 Å². The lowest BCUT2D eigenvalue weighted by molar-refractivity contribution is 1.32. The second kappa shape index (κ2) is 11.0. The van der Waals surface area contributed by atoms with Crippen molar-refractivity contribution >= 4 is 70.1 Å². The SMILES string of the molecule is c1ccc(-c2ccc(N(c3cccc4c3ccc3ccccc34)c3cc(-c4ccccc4)cc4sc5ccccc5c34)cc2)cc1. The molecule has 46 heavy (non-hydrogen) atoms. The molecule has 216 valence electrons. The molecule has 0 spiro atoms. The van der Waals surface area contributed by atoms with Crippen LogP contribution in [0.1, 0.15) is 0 Å².